The molecule has 0 amide bonds. The van der Waals surface area contributed by atoms with Crippen LogP contribution >= 0.6 is 0 Å². The van der Waals surface area contributed by atoms with Crippen molar-refractivity contribution < 1.29 is 4.74 Å². The highest BCUT2D eigenvalue weighted by atomic mass is 16.5. The molecule has 84 valence electrons. The van der Waals surface area contributed by atoms with Crippen molar-refractivity contribution in [2.24, 2.45) is 0 Å². The Morgan fingerprint density at radius 2 is 2.20 bits per heavy atom. The molecule has 0 atom stereocenters. The van der Waals surface area contributed by atoms with Gasteiger partial charge >= 0.3 is 0 Å². The van der Waals surface area contributed by atoms with E-state index in [-0.39, 0.29) is 0 Å². The number of hydrogen-bond donors (Lipinski definition) is 1. The van der Waals surface area contributed by atoms with Crippen molar-refractivity contribution in [3.8, 4) is 5.88 Å². The van der Waals surface area contributed by atoms with Gasteiger partial charge in [0, 0.05) is 19.2 Å². The van der Waals surface area contributed by atoms with Crippen molar-refractivity contribution in [1.29, 1.82) is 0 Å². The van der Waals surface area contributed by atoms with E-state index in [1.54, 1.807) is 0 Å². The summed E-state index contributed by atoms with van der Waals surface area (Å²) in [5.41, 5.74) is 1.000. The minimum absolute atomic E-state index is 0.670. The van der Waals surface area contributed by atoms with Crippen LogP contribution in [-0.2, 0) is 6.54 Å². The van der Waals surface area contributed by atoms with Gasteiger partial charge in [0.25, 0.3) is 0 Å². The summed E-state index contributed by atoms with van der Waals surface area (Å²) in [6.45, 7) is 2.34. The Balaban J connectivity index is 2.43. The highest BCUT2D eigenvalue weighted by Crippen LogP contribution is 2.07. The molecule has 0 radical (unpaired) electrons. The smallest absolute Gasteiger partial charge is 0.213 e. The summed E-state index contributed by atoms with van der Waals surface area (Å²) >= 11 is 0. The molecule has 0 aliphatic heterocycles. The van der Waals surface area contributed by atoms with Gasteiger partial charge in [0.1, 0.15) is 6.61 Å². The van der Waals surface area contributed by atoms with Gasteiger partial charge < -0.3 is 15.0 Å². The molecule has 1 heterocycles. The molecule has 1 aromatic rings. The van der Waals surface area contributed by atoms with Gasteiger partial charge in [-0.3, -0.25) is 0 Å². The van der Waals surface area contributed by atoms with E-state index < -0.39 is 0 Å². The van der Waals surface area contributed by atoms with Crippen LogP contribution < -0.4 is 10.1 Å². The second kappa shape index (κ2) is 6.37. The third kappa shape index (κ3) is 4.76. The zero-order valence-electron chi connectivity index (χ0n) is 9.66. The average molecular weight is 209 g/mol. The van der Waals surface area contributed by atoms with Crippen molar-refractivity contribution in [2.45, 2.75) is 6.54 Å². The zero-order valence-corrected chi connectivity index (χ0v) is 9.66. The molecule has 0 aromatic carbocycles. The molecule has 0 aliphatic carbocycles. The molecule has 1 aromatic heterocycles. The molecule has 0 aliphatic rings. The Hall–Kier alpha value is -1.13. The fourth-order valence-corrected chi connectivity index (χ4v) is 1.15. The molecule has 4 heteroatoms. The lowest BCUT2D eigenvalue weighted by Crippen LogP contribution is -2.19. The van der Waals surface area contributed by atoms with Crippen molar-refractivity contribution in [3.63, 3.8) is 0 Å². The maximum absolute atomic E-state index is 5.52. The van der Waals surface area contributed by atoms with Crippen LogP contribution in [-0.4, -0.2) is 44.2 Å². The Bertz CT molecular complexity index is 289. The monoisotopic (exact) mass is 209 g/mol. The third-order valence-corrected chi connectivity index (χ3v) is 1.93. The van der Waals surface area contributed by atoms with Gasteiger partial charge in [0.15, 0.2) is 0 Å². The lowest BCUT2D eigenvalue weighted by molar-refractivity contribution is 0.253. The van der Waals surface area contributed by atoms with Crippen LogP contribution in [0.5, 0.6) is 5.88 Å². The Labute approximate surface area is 91.3 Å². The molecular formula is C11H19N3O. The van der Waals surface area contributed by atoms with E-state index in [9.17, 15) is 0 Å². The van der Waals surface area contributed by atoms with Gasteiger partial charge in [0.2, 0.25) is 5.88 Å². The third-order valence-electron chi connectivity index (χ3n) is 1.93. The van der Waals surface area contributed by atoms with Crippen molar-refractivity contribution in [2.75, 3.05) is 34.3 Å². The quantitative estimate of drug-likeness (QED) is 0.750. The molecular weight excluding hydrogens is 190 g/mol. The van der Waals surface area contributed by atoms with Crippen LogP contribution in [0.1, 0.15) is 5.69 Å². The number of likely N-dealkylation sites (N-methyl/N-ethyl adjacent to an activating group) is 1. The van der Waals surface area contributed by atoms with Crippen LogP contribution in [0, 0.1) is 0 Å². The first-order valence-electron chi connectivity index (χ1n) is 5.10. The van der Waals surface area contributed by atoms with Gasteiger partial charge in [-0.15, -0.1) is 0 Å². The van der Waals surface area contributed by atoms with Crippen molar-refractivity contribution in [1.82, 2.24) is 15.2 Å². The summed E-state index contributed by atoms with van der Waals surface area (Å²) in [6, 6.07) is 5.83. The summed E-state index contributed by atoms with van der Waals surface area (Å²) in [5.74, 6) is 0.699. The van der Waals surface area contributed by atoms with Crippen molar-refractivity contribution >= 4 is 0 Å². The predicted octanol–water partition coefficient (Wildman–Crippen LogP) is 0.741. The van der Waals surface area contributed by atoms with E-state index in [4.69, 9.17) is 4.74 Å². The standard InChI is InChI=1S/C11H19N3O/c1-12-9-10-5-4-6-11(13-10)15-8-7-14(2)3/h4-6,12H,7-9H2,1-3H3. The molecule has 0 saturated carbocycles. The number of hydrogen-bond acceptors (Lipinski definition) is 4. The van der Waals surface area contributed by atoms with Gasteiger partial charge in [-0.2, -0.15) is 0 Å². The van der Waals surface area contributed by atoms with E-state index in [1.165, 1.54) is 0 Å². The number of nitrogens with zero attached hydrogens (tertiary/aromatic N) is 2. The molecule has 4 nitrogen and oxygen atoms in total. The average Bonchev–Trinajstić information content (AvgIpc) is 2.18. The minimum atomic E-state index is 0.670. The first kappa shape index (κ1) is 11.9. The predicted molar refractivity (Wildman–Crippen MR) is 61.0 cm³/mol. The number of pyridine rings is 1. The van der Waals surface area contributed by atoms with Gasteiger partial charge in [0.05, 0.1) is 5.69 Å². The highest BCUT2D eigenvalue weighted by Gasteiger charge is 1.98. The highest BCUT2D eigenvalue weighted by molar-refractivity contribution is 5.15. The number of ether oxygens (including phenoxy) is 1. The van der Waals surface area contributed by atoms with E-state index >= 15 is 0 Å². The van der Waals surface area contributed by atoms with Crippen LogP contribution in [0.4, 0.5) is 0 Å². The zero-order chi connectivity index (χ0) is 11.1. The molecule has 0 bridgehead atoms. The van der Waals surface area contributed by atoms with Gasteiger partial charge in [-0.05, 0) is 27.2 Å². The van der Waals surface area contributed by atoms with Crippen LogP contribution in [0.15, 0.2) is 18.2 Å². The maximum Gasteiger partial charge on any atom is 0.213 e. The SMILES string of the molecule is CNCc1cccc(OCCN(C)C)n1. The van der Waals surface area contributed by atoms with Crippen LogP contribution in [0.25, 0.3) is 0 Å². The lowest BCUT2D eigenvalue weighted by Gasteiger charge is -2.10. The largest absolute Gasteiger partial charge is 0.476 e. The first-order valence-corrected chi connectivity index (χ1v) is 5.10. The van der Waals surface area contributed by atoms with E-state index in [0.717, 1.165) is 18.8 Å². The van der Waals surface area contributed by atoms with Crippen LogP contribution in [0.2, 0.25) is 0 Å². The summed E-state index contributed by atoms with van der Waals surface area (Å²) in [7, 11) is 5.95. The molecule has 0 saturated heterocycles. The fraction of sp³-hybridized carbons (Fsp3) is 0.545. The molecule has 15 heavy (non-hydrogen) atoms. The summed E-state index contributed by atoms with van der Waals surface area (Å²) in [6.07, 6.45) is 0. The topological polar surface area (TPSA) is 37.4 Å². The summed E-state index contributed by atoms with van der Waals surface area (Å²) < 4.78 is 5.52. The second-order valence-electron chi connectivity index (χ2n) is 3.65. The first-order chi connectivity index (χ1) is 7.22. The van der Waals surface area contributed by atoms with Gasteiger partial charge in [-0.1, -0.05) is 6.07 Å². The van der Waals surface area contributed by atoms with Gasteiger partial charge in [-0.25, -0.2) is 4.98 Å². The van der Waals surface area contributed by atoms with E-state index in [1.807, 2.05) is 39.3 Å². The summed E-state index contributed by atoms with van der Waals surface area (Å²) in [4.78, 5) is 6.44. The number of rotatable bonds is 6. The lowest BCUT2D eigenvalue weighted by atomic mass is 10.3. The van der Waals surface area contributed by atoms with Crippen LogP contribution in [0.3, 0.4) is 0 Å². The fourth-order valence-electron chi connectivity index (χ4n) is 1.15. The maximum atomic E-state index is 5.52. The molecule has 1 N–H and O–H groups in total. The molecule has 1 rings (SSSR count). The Morgan fingerprint density at radius 1 is 1.40 bits per heavy atom. The molecule has 0 fully saturated rings. The molecule has 0 unspecified atom stereocenters. The van der Waals surface area contributed by atoms with E-state index in [2.05, 4.69) is 15.2 Å². The molecule has 0 spiro atoms. The van der Waals surface area contributed by atoms with E-state index in [0.29, 0.717) is 12.5 Å². The summed E-state index contributed by atoms with van der Waals surface area (Å²) in [5, 5.41) is 3.06. The number of nitrogens with one attached hydrogen (secondary N) is 1. The number of aromatic nitrogens is 1. The normalized spacial score (nSPS) is 10.7. The Kier molecular flexibility index (Phi) is 5.07. The van der Waals surface area contributed by atoms with Crippen molar-refractivity contribution in [3.05, 3.63) is 23.9 Å². The minimum Gasteiger partial charge on any atom is -0.476 e. The Morgan fingerprint density at radius 3 is 2.87 bits per heavy atom. The second-order valence-corrected chi connectivity index (χ2v) is 3.65.